The first-order valence-corrected chi connectivity index (χ1v) is 4.29. The summed E-state index contributed by atoms with van der Waals surface area (Å²) >= 11 is 0. The Balaban J connectivity index is 0.000000671. The topological polar surface area (TPSA) is 26.3 Å². The average molecular weight is 178 g/mol. The molecule has 0 N–H and O–H groups in total. The Morgan fingerprint density at radius 3 is 2.69 bits per heavy atom. The molecule has 0 saturated heterocycles. The molecule has 1 aromatic carbocycles. The monoisotopic (exact) mass is 178 g/mol. The molecule has 0 fully saturated rings. The summed E-state index contributed by atoms with van der Waals surface area (Å²) < 4.78 is 4.74. The number of carbonyl (C=O) groups excluding carboxylic acids is 1. The summed E-state index contributed by atoms with van der Waals surface area (Å²) in [5.41, 5.74) is 0.836. The van der Waals surface area contributed by atoms with Crippen molar-refractivity contribution in [2.45, 2.75) is 27.4 Å². The third kappa shape index (κ3) is 5.75. The fourth-order valence-electron chi connectivity index (χ4n) is 0.652. The van der Waals surface area contributed by atoms with Crippen molar-refractivity contribution in [1.29, 1.82) is 0 Å². The maximum absolute atomic E-state index is 10.4. The smallest absolute Gasteiger partial charge is 0.302 e. The Bertz CT molecular complexity index is 229. The van der Waals surface area contributed by atoms with Crippen molar-refractivity contribution in [3.05, 3.63) is 35.9 Å². The van der Waals surface area contributed by atoms with Gasteiger partial charge in [-0.3, -0.25) is 4.79 Å². The van der Waals surface area contributed by atoms with Gasteiger partial charge in [0.25, 0.3) is 0 Å². The van der Waals surface area contributed by atoms with Gasteiger partial charge in [0.2, 0.25) is 0 Å². The molecule has 0 aliphatic heterocycles. The average Bonchev–Trinajstić information content (AvgIpc) is 2.19. The molecular formula is C11H14O2. The van der Waals surface area contributed by atoms with Gasteiger partial charge in [-0.25, -0.2) is 0 Å². The molecule has 13 heavy (non-hydrogen) atoms. The predicted octanol–water partition coefficient (Wildman–Crippen LogP) is 2.38. The van der Waals surface area contributed by atoms with Gasteiger partial charge < -0.3 is 4.74 Å². The van der Waals surface area contributed by atoms with Gasteiger partial charge in [0.1, 0.15) is 6.61 Å². The molecule has 0 amide bonds. The number of carbonyl (C=O) groups is 1. The molecule has 0 aliphatic carbocycles. The molecular weight excluding hydrogens is 164 g/mol. The predicted molar refractivity (Wildman–Crippen MR) is 50.9 cm³/mol. The highest BCUT2D eigenvalue weighted by Gasteiger charge is 1.92. The first-order chi connectivity index (χ1) is 6.29. The zero-order chi connectivity index (χ0) is 10.1. The van der Waals surface area contributed by atoms with Crippen LogP contribution in [0, 0.1) is 12.1 Å². The van der Waals surface area contributed by atoms with Crippen LogP contribution in [0.5, 0.6) is 0 Å². The highest BCUT2D eigenvalue weighted by Crippen LogP contribution is 1.95. The van der Waals surface area contributed by atoms with E-state index in [9.17, 15) is 4.79 Å². The first-order valence-electron chi connectivity index (χ1n) is 4.29. The number of hydrogen-bond acceptors (Lipinski definition) is 2. The Morgan fingerprint density at radius 2 is 2.23 bits per heavy atom. The van der Waals surface area contributed by atoms with E-state index in [2.05, 4.69) is 12.1 Å². The lowest BCUT2D eigenvalue weighted by atomic mass is 10.3. The molecule has 0 aromatic heterocycles. The van der Waals surface area contributed by atoms with Crippen molar-refractivity contribution in [2.75, 3.05) is 0 Å². The zero-order valence-electron chi connectivity index (χ0n) is 8.26. The summed E-state index contributed by atoms with van der Waals surface area (Å²) in [7, 11) is 0. The Labute approximate surface area is 79.5 Å². The molecule has 0 atom stereocenters. The maximum atomic E-state index is 10.4. The van der Waals surface area contributed by atoms with Crippen LogP contribution in [0.4, 0.5) is 0 Å². The molecule has 2 nitrogen and oxygen atoms in total. The van der Waals surface area contributed by atoms with Crippen LogP contribution in [-0.4, -0.2) is 5.97 Å². The first kappa shape index (κ1) is 11.5. The summed E-state index contributed by atoms with van der Waals surface area (Å²) in [6, 6.07) is 11.0. The lowest BCUT2D eigenvalue weighted by molar-refractivity contribution is -0.142. The fraction of sp³-hybridized carbons (Fsp3) is 0.364. The van der Waals surface area contributed by atoms with Crippen LogP contribution < -0.4 is 0 Å². The van der Waals surface area contributed by atoms with E-state index in [1.165, 1.54) is 6.92 Å². The number of esters is 1. The van der Waals surface area contributed by atoms with Gasteiger partial charge in [0.05, 0.1) is 0 Å². The second-order valence-electron chi connectivity index (χ2n) is 2.10. The SMILES string of the molecule is CC.CC(=O)OCc1c#cccc1. The fourth-order valence-corrected chi connectivity index (χ4v) is 0.652. The third-order valence-electron chi connectivity index (χ3n) is 1.14. The van der Waals surface area contributed by atoms with E-state index in [1.54, 1.807) is 6.07 Å². The largest absolute Gasteiger partial charge is 0.460 e. The van der Waals surface area contributed by atoms with Crippen LogP contribution in [0.1, 0.15) is 26.3 Å². The summed E-state index contributed by atoms with van der Waals surface area (Å²) in [5, 5.41) is 0. The molecule has 0 heterocycles. The minimum atomic E-state index is -0.276. The van der Waals surface area contributed by atoms with Crippen molar-refractivity contribution < 1.29 is 9.53 Å². The van der Waals surface area contributed by atoms with Crippen molar-refractivity contribution in [1.82, 2.24) is 0 Å². The van der Waals surface area contributed by atoms with Gasteiger partial charge in [0.15, 0.2) is 0 Å². The summed E-state index contributed by atoms with van der Waals surface area (Å²) in [5.74, 6) is -0.276. The standard InChI is InChI=1S/C9H8O2.C2H6/c1-8(10)11-7-9-5-3-2-4-6-9;1-2/h2-3,5H,7H2,1H3;1-2H3. The second kappa shape index (κ2) is 7.17. The van der Waals surface area contributed by atoms with Crippen molar-refractivity contribution >= 4 is 5.97 Å². The van der Waals surface area contributed by atoms with Gasteiger partial charge in [-0.1, -0.05) is 32.0 Å². The highest BCUT2D eigenvalue weighted by molar-refractivity contribution is 5.65. The molecule has 0 radical (unpaired) electrons. The van der Waals surface area contributed by atoms with Gasteiger partial charge in [-0.15, -0.1) is 0 Å². The van der Waals surface area contributed by atoms with Crippen molar-refractivity contribution in [3.63, 3.8) is 0 Å². The zero-order valence-corrected chi connectivity index (χ0v) is 8.26. The Hall–Kier alpha value is -1.49. The minimum Gasteiger partial charge on any atom is -0.460 e. The van der Waals surface area contributed by atoms with Gasteiger partial charge in [0, 0.05) is 12.5 Å². The number of hydrogen-bond donors (Lipinski definition) is 0. The number of ether oxygens (including phenoxy) is 1. The van der Waals surface area contributed by atoms with Gasteiger partial charge >= 0.3 is 5.97 Å². The van der Waals surface area contributed by atoms with E-state index in [0.717, 1.165) is 5.56 Å². The Morgan fingerprint density at radius 1 is 1.54 bits per heavy atom. The normalized spacial score (nSPS) is 7.62. The molecule has 1 aromatic rings. The molecule has 0 bridgehead atoms. The Kier molecular flexibility index (Phi) is 6.35. The second-order valence-corrected chi connectivity index (χ2v) is 2.10. The van der Waals surface area contributed by atoms with Crippen LogP contribution in [0.3, 0.4) is 0 Å². The van der Waals surface area contributed by atoms with Crippen molar-refractivity contribution in [2.24, 2.45) is 0 Å². The van der Waals surface area contributed by atoms with Crippen LogP contribution in [0.15, 0.2) is 18.2 Å². The van der Waals surface area contributed by atoms with E-state index < -0.39 is 0 Å². The van der Waals surface area contributed by atoms with Crippen LogP contribution >= 0.6 is 0 Å². The molecule has 2 heteroatoms. The molecule has 1 rings (SSSR count). The van der Waals surface area contributed by atoms with E-state index in [1.807, 2.05) is 26.0 Å². The quantitative estimate of drug-likeness (QED) is 0.650. The lowest BCUT2D eigenvalue weighted by Crippen LogP contribution is -1.97. The van der Waals surface area contributed by atoms with E-state index >= 15 is 0 Å². The van der Waals surface area contributed by atoms with Crippen LogP contribution in [-0.2, 0) is 16.1 Å². The van der Waals surface area contributed by atoms with Crippen molar-refractivity contribution in [3.8, 4) is 0 Å². The van der Waals surface area contributed by atoms with Crippen LogP contribution in [0.2, 0.25) is 0 Å². The lowest BCUT2D eigenvalue weighted by Gasteiger charge is -1.97. The molecule has 0 unspecified atom stereocenters. The summed E-state index contributed by atoms with van der Waals surface area (Å²) in [6.07, 6.45) is 0. The maximum Gasteiger partial charge on any atom is 0.302 e. The number of rotatable bonds is 2. The van der Waals surface area contributed by atoms with Gasteiger partial charge in [-0.05, 0) is 12.1 Å². The summed E-state index contributed by atoms with van der Waals surface area (Å²) in [4.78, 5) is 10.4. The van der Waals surface area contributed by atoms with E-state index in [0.29, 0.717) is 0 Å². The molecule has 0 saturated carbocycles. The molecule has 0 spiro atoms. The minimum absolute atomic E-state index is 0.276. The van der Waals surface area contributed by atoms with Gasteiger partial charge in [-0.2, -0.15) is 0 Å². The third-order valence-corrected chi connectivity index (χ3v) is 1.14. The highest BCUT2D eigenvalue weighted by atomic mass is 16.5. The van der Waals surface area contributed by atoms with E-state index in [-0.39, 0.29) is 12.6 Å². The molecule has 70 valence electrons. The van der Waals surface area contributed by atoms with Crippen LogP contribution in [0.25, 0.3) is 0 Å². The van der Waals surface area contributed by atoms with E-state index in [4.69, 9.17) is 4.74 Å². The molecule has 0 aliphatic rings. The summed E-state index contributed by atoms with van der Waals surface area (Å²) in [6.45, 7) is 5.67.